The van der Waals surface area contributed by atoms with E-state index in [1.807, 2.05) is 25.1 Å². The third-order valence-corrected chi connectivity index (χ3v) is 2.94. The van der Waals surface area contributed by atoms with E-state index in [0.717, 1.165) is 21.9 Å². The van der Waals surface area contributed by atoms with Crippen molar-refractivity contribution in [3.8, 4) is 22.2 Å². The molecule has 4 heteroatoms. The molecule has 0 radical (unpaired) electrons. The zero-order chi connectivity index (χ0) is 10.8. The van der Waals surface area contributed by atoms with Crippen molar-refractivity contribution in [1.29, 1.82) is 0 Å². The SMILES string of the molecule is COc1ccc(C)cc1-c1nc(O)cs1. The molecule has 0 aliphatic rings. The van der Waals surface area contributed by atoms with E-state index in [2.05, 4.69) is 4.98 Å². The van der Waals surface area contributed by atoms with Gasteiger partial charge in [-0.25, -0.2) is 4.98 Å². The zero-order valence-electron chi connectivity index (χ0n) is 8.52. The molecule has 1 N–H and O–H groups in total. The predicted molar refractivity (Wildman–Crippen MR) is 60.5 cm³/mol. The molecule has 0 bridgehead atoms. The molecule has 0 unspecified atom stereocenters. The Morgan fingerprint density at radius 3 is 2.80 bits per heavy atom. The van der Waals surface area contributed by atoms with Gasteiger partial charge in [0.1, 0.15) is 10.8 Å². The van der Waals surface area contributed by atoms with Gasteiger partial charge in [-0.3, -0.25) is 0 Å². The molecular formula is C11H11NO2S. The second kappa shape index (κ2) is 3.90. The predicted octanol–water partition coefficient (Wildman–Crippen LogP) is 2.83. The molecule has 3 nitrogen and oxygen atoms in total. The van der Waals surface area contributed by atoms with E-state index < -0.39 is 0 Å². The molecule has 1 aromatic heterocycles. The van der Waals surface area contributed by atoms with Crippen molar-refractivity contribution in [2.75, 3.05) is 7.11 Å². The Kier molecular flexibility index (Phi) is 2.60. The summed E-state index contributed by atoms with van der Waals surface area (Å²) in [6.07, 6.45) is 0. The van der Waals surface area contributed by atoms with Crippen LogP contribution in [0.15, 0.2) is 23.6 Å². The number of thiazole rings is 1. The van der Waals surface area contributed by atoms with Crippen molar-refractivity contribution in [1.82, 2.24) is 4.98 Å². The number of hydrogen-bond donors (Lipinski definition) is 1. The van der Waals surface area contributed by atoms with E-state index in [0.29, 0.717) is 0 Å². The lowest BCUT2D eigenvalue weighted by atomic mass is 10.1. The van der Waals surface area contributed by atoms with Crippen LogP contribution in [0.3, 0.4) is 0 Å². The van der Waals surface area contributed by atoms with Crippen LogP contribution in [0.25, 0.3) is 10.6 Å². The van der Waals surface area contributed by atoms with Crippen LogP contribution < -0.4 is 4.74 Å². The molecule has 1 heterocycles. The van der Waals surface area contributed by atoms with Crippen LogP contribution in [-0.4, -0.2) is 17.2 Å². The molecule has 0 amide bonds. The Labute approximate surface area is 92.0 Å². The Hall–Kier alpha value is -1.55. The van der Waals surface area contributed by atoms with Gasteiger partial charge in [0.05, 0.1) is 18.1 Å². The van der Waals surface area contributed by atoms with Crippen LogP contribution in [-0.2, 0) is 0 Å². The van der Waals surface area contributed by atoms with Crippen LogP contribution in [0.4, 0.5) is 0 Å². The van der Waals surface area contributed by atoms with Crippen LogP contribution >= 0.6 is 11.3 Å². The van der Waals surface area contributed by atoms with Crippen molar-refractivity contribution in [2.45, 2.75) is 6.92 Å². The van der Waals surface area contributed by atoms with Crippen molar-refractivity contribution in [2.24, 2.45) is 0 Å². The number of benzene rings is 1. The highest BCUT2D eigenvalue weighted by Crippen LogP contribution is 2.34. The topological polar surface area (TPSA) is 42.4 Å². The van der Waals surface area contributed by atoms with E-state index in [1.165, 1.54) is 11.3 Å². The number of aromatic nitrogens is 1. The van der Waals surface area contributed by atoms with Gasteiger partial charge in [-0.05, 0) is 19.1 Å². The number of ether oxygens (including phenoxy) is 1. The van der Waals surface area contributed by atoms with Crippen molar-refractivity contribution < 1.29 is 9.84 Å². The van der Waals surface area contributed by atoms with Gasteiger partial charge in [-0.15, -0.1) is 11.3 Å². The number of rotatable bonds is 2. The molecule has 0 saturated carbocycles. The molecule has 0 spiro atoms. The van der Waals surface area contributed by atoms with E-state index in [1.54, 1.807) is 12.5 Å². The van der Waals surface area contributed by atoms with Crippen LogP contribution in [0, 0.1) is 6.92 Å². The van der Waals surface area contributed by atoms with E-state index in [9.17, 15) is 5.11 Å². The lowest BCUT2D eigenvalue weighted by molar-refractivity contribution is 0.416. The number of hydrogen-bond acceptors (Lipinski definition) is 4. The summed E-state index contributed by atoms with van der Waals surface area (Å²) in [5.41, 5.74) is 2.06. The maximum atomic E-state index is 9.21. The van der Waals surface area contributed by atoms with Gasteiger partial charge in [0.15, 0.2) is 0 Å². The number of aryl methyl sites for hydroxylation is 1. The van der Waals surface area contributed by atoms with Gasteiger partial charge < -0.3 is 9.84 Å². The van der Waals surface area contributed by atoms with Gasteiger partial charge in [0.2, 0.25) is 5.88 Å². The summed E-state index contributed by atoms with van der Waals surface area (Å²) in [4.78, 5) is 4.02. The maximum Gasteiger partial charge on any atom is 0.222 e. The fourth-order valence-electron chi connectivity index (χ4n) is 1.38. The highest BCUT2D eigenvalue weighted by molar-refractivity contribution is 7.13. The highest BCUT2D eigenvalue weighted by Gasteiger charge is 2.09. The Balaban J connectivity index is 2.55. The standard InChI is InChI=1S/C11H11NO2S/c1-7-3-4-9(14-2)8(5-7)11-12-10(13)6-15-11/h3-6,13H,1-2H3. The second-order valence-electron chi connectivity index (χ2n) is 3.21. The van der Waals surface area contributed by atoms with Crippen molar-refractivity contribution in [3.05, 3.63) is 29.1 Å². The lowest BCUT2D eigenvalue weighted by Gasteiger charge is -2.06. The fourth-order valence-corrected chi connectivity index (χ4v) is 2.08. The second-order valence-corrected chi connectivity index (χ2v) is 4.07. The molecule has 0 fully saturated rings. The Morgan fingerprint density at radius 2 is 2.20 bits per heavy atom. The first kappa shape index (κ1) is 9.98. The monoisotopic (exact) mass is 221 g/mol. The minimum Gasteiger partial charge on any atom is -0.496 e. The van der Waals surface area contributed by atoms with Crippen LogP contribution in [0.1, 0.15) is 5.56 Å². The molecule has 2 rings (SSSR count). The molecule has 0 saturated heterocycles. The average Bonchev–Trinajstić information content (AvgIpc) is 2.65. The van der Waals surface area contributed by atoms with Crippen molar-refractivity contribution in [3.63, 3.8) is 0 Å². The summed E-state index contributed by atoms with van der Waals surface area (Å²) in [6.45, 7) is 2.01. The summed E-state index contributed by atoms with van der Waals surface area (Å²) in [5.74, 6) is 0.827. The number of aromatic hydroxyl groups is 1. The van der Waals surface area contributed by atoms with Crippen LogP contribution in [0.5, 0.6) is 11.6 Å². The highest BCUT2D eigenvalue weighted by atomic mass is 32.1. The van der Waals surface area contributed by atoms with Gasteiger partial charge >= 0.3 is 0 Å². The van der Waals surface area contributed by atoms with Crippen molar-refractivity contribution >= 4 is 11.3 Å². The first-order chi connectivity index (χ1) is 7.20. The summed E-state index contributed by atoms with van der Waals surface area (Å²) < 4.78 is 5.25. The summed E-state index contributed by atoms with van der Waals surface area (Å²) in [6, 6.07) is 5.88. The first-order valence-corrected chi connectivity index (χ1v) is 5.38. The third kappa shape index (κ3) is 1.94. The molecular weight excluding hydrogens is 210 g/mol. The summed E-state index contributed by atoms with van der Waals surface area (Å²) >= 11 is 1.40. The smallest absolute Gasteiger partial charge is 0.222 e. The maximum absolute atomic E-state index is 9.21. The van der Waals surface area contributed by atoms with Gasteiger partial charge in [-0.2, -0.15) is 0 Å². The van der Waals surface area contributed by atoms with E-state index >= 15 is 0 Å². The average molecular weight is 221 g/mol. The van der Waals surface area contributed by atoms with E-state index in [-0.39, 0.29) is 5.88 Å². The van der Waals surface area contributed by atoms with Gasteiger partial charge in [0, 0.05) is 0 Å². The number of methoxy groups -OCH3 is 1. The molecule has 0 atom stereocenters. The minimum absolute atomic E-state index is 0.0542. The first-order valence-electron chi connectivity index (χ1n) is 4.50. The molecule has 0 aliphatic carbocycles. The zero-order valence-corrected chi connectivity index (χ0v) is 9.34. The molecule has 0 aliphatic heterocycles. The van der Waals surface area contributed by atoms with E-state index in [4.69, 9.17) is 4.74 Å². The Morgan fingerprint density at radius 1 is 1.40 bits per heavy atom. The van der Waals surface area contributed by atoms with Crippen LogP contribution in [0.2, 0.25) is 0 Å². The largest absolute Gasteiger partial charge is 0.496 e. The Bertz CT molecular complexity index is 479. The quantitative estimate of drug-likeness (QED) is 0.847. The number of nitrogens with zero attached hydrogens (tertiary/aromatic N) is 1. The lowest BCUT2D eigenvalue weighted by Crippen LogP contribution is -1.88. The minimum atomic E-state index is 0.0542. The fraction of sp³-hybridized carbons (Fsp3) is 0.182. The molecule has 78 valence electrons. The summed E-state index contributed by atoms with van der Waals surface area (Å²) in [5, 5.41) is 11.6. The normalized spacial score (nSPS) is 10.3. The van der Waals surface area contributed by atoms with Gasteiger partial charge in [-0.1, -0.05) is 11.6 Å². The molecule has 15 heavy (non-hydrogen) atoms. The molecule has 1 aromatic carbocycles. The third-order valence-electron chi connectivity index (χ3n) is 2.08. The summed E-state index contributed by atoms with van der Waals surface area (Å²) in [7, 11) is 1.63. The van der Waals surface area contributed by atoms with Gasteiger partial charge in [0.25, 0.3) is 0 Å². The molecule has 2 aromatic rings.